The second-order valence-electron chi connectivity index (χ2n) is 8.34. The first-order valence-electron chi connectivity index (χ1n) is 10.0. The fourth-order valence-corrected chi connectivity index (χ4v) is 8.01. The number of benzene rings is 2. The minimum absolute atomic E-state index is 0.0178. The topological polar surface area (TPSA) is 114 Å². The third-order valence-corrected chi connectivity index (χ3v) is 9.69. The van der Waals surface area contributed by atoms with Gasteiger partial charge in [0, 0.05) is 17.5 Å². The maximum Gasteiger partial charge on any atom is 0.245 e. The summed E-state index contributed by atoms with van der Waals surface area (Å²) >= 11 is 1.32. The molecule has 4 rings (SSSR count). The van der Waals surface area contributed by atoms with Crippen LogP contribution in [0.2, 0.25) is 0 Å². The third-order valence-electron chi connectivity index (χ3n) is 5.75. The summed E-state index contributed by atoms with van der Waals surface area (Å²) in [6.07, 6.45) is 3.71. The molecule has 0 bridgehead atoms. The molecular weight excluding hydrogens is 482 g/mol. The number of nitrogens with zero attached hydrogens (tertiary/aromatic N) is 2. The van der Waals surface area contributed by atoms with Crippen LogP contribution in [-0.4, -0.2) is 40.2 Å². The minimum Gasteiger partial charge on any atom is -0.301 e. The second-order valence-corrected chi connectivity index (χ2v) is 13.1. The Labute approximate surface area is 197 Å². The van der Waals surface area contributed by atoms with Crippen LogP contribution in [0.3, 0.4) is 0 Å². The van der Waals surface area contributed by atoms with E-state index in [1.165, 1.54) is 17.4 Å². The van der Waals surface area contributed by atoms with Crippen molar-refractivity contribution in [1.82, 2.24) is 4.98 Å². The van der Waals surface area contributed by atoms with Crippen molar-refractivity contribution < 1.29 is 21.6 Å². The van der Waals surface area contributed by atoms with Crippen LogP contribution in [-0.2, 0) is 31.3 Å². The van der Waals surface area contributed by atoms with Crippen molar-refractivity contribution in [3.05, 3.63) is 76.8 Å². The van der Waals surface area contributed by atoms with Crippen LogP contribution >= 0.6 is 11.3 Å². The first-order valence-corrected chi connectivity index (χ1v) is 14.6. The Hall–Kier alpha value is -2.76. The molecule has 2 aromatic carbocycles. The monoisotopic (exact) mass is 505 g/mol. The van der Waals surface area contributed by atoms with Crippen LogP contribution in [0.25, 0.3) is 0 Å². The number of hydrogen-bond donors (Lipinski definition) is 1. The molecule has 0 fully saturated rings. The number of aromatic nitrogens is 1. The molecule has 0 aliphatic heterocycles. The summed E-state index contributed by atoms with van der Waals surface area (Å²) in [5.74, 6) is -0.637. The molecule has 2 atom stereocenters. The lowest BCUT2D eigenvalue weighted by molar-refractivity contribution is -0.125. The highest BCUT2D eigenvalue weighted by Crippen LogP contribution is 2.52. The van der Waals surface area contributed by atoms with Crippen LogP contribution in [0.4, 0.5) is 10.8 Å². The predicted molar refractivity (Wildman–Crippen MR) is 129 cm³/mol. The molecule has 0 saturated heterocycles. The van der Waals surface area contributed by atoms with Gasteiger partial charge in [-0.15, -0.1) is 11.3 Å². The zero-order valence-corrected chi connectivity index (χ0v) is 20.7. The van der Waals surface area contributed by atoms with Gasteiger partial charge in [0.1, 0.15) is 0 Å². The molecule has 11 heteroatoms. The maximum absolute atomic E-state index is 13.5. The normalized spacial score (nSPS) is 20.3. The number of amides is 1. The maximum atomic E-state index is 13.5. The largest absolute Gasteiger partial charge is 0.301 e. The standard InChI is InChI=1S/C22H23N3O5S3/c1-22(20(26)24-21-23-11-12-31-21)14-16-9-10-17(25(32(2,27)28)33(3,29)30)13-18(16)19(22)15-7-5-4-6-8-15/h4-13,19H,14H2,1-3H3,(H,23,24,26)/t19-,22+/m0/s1. The van der Waals surface area contributed by atoms with E-state index in [9.17, 15) is 21.6 Å². The van der Waals surface area contributed by atoms with Crippen molar-refractivity contribution in [2.45, 2.75) is 19.3 Å². The zero-order valence-electron chi connectivity index (χ0n) is 18.2. The highest BCUT2D eigenvalue weighted by molar-refractivity contribution is 8.09. The summed E-state index contributed by atoms with van der Waals surface area (Å²) in [4.78, 5) is 17.6. The number of nitrogens with one attached hydrogen (secondary N) is 1. The van der Waals surface area contributed by atoms with Gasteiger partial charge < -0.3 is 5.32 Å². The summed E-state index contributed by atoms with van der Waals surface area (Å²) in [5.41, 5.74) is 1.55. The van der Waals surface area contributed by atoms with Crippen LogP contribution in [0, 0.1) is 5.41 Å². The Balaban J connectivity index is 1.86. The van der Waals surface area contributed by atoms with Crippen LogP contribution in [0.15, 0.2) is 60.1 Å². The fourth-order valence-electron chi connectivity index (χ4n) is 4.52. The van der Waals surface area contributed by atoms with E-state index in [2.05, 4.69) is 10.3 Å². The molecule has 1 heterocycles. The van der Waals surface area contributed by atoms with Crippen molar-refractivity contribution >= 4 is 48.1 Å². The van der Waals surface area contributed by atoms with Gasteiger partial charge in [0.05, 0.1) is 23.6 Å². The molecule has 174 valence electrons. The van der Waals surface area contributed by atoms with Crippen LogP contribution in [0.5, 0.6) is 0 Å². The third kappa shape index (κ3) is 4.40. The van der Waals surface area contributed by atoms with Crippen molar-refractivity contribution in [2.24, 2.45) is 5.41 Å². The van der Waals surface area contributed by atoms with Gasteiger partial charge in [-0.05, 0) is 42.2 Å². The van der Waals surface area contributed by atoms with Gasteiger partial charge in [0.15, 0.2) is 5.13 Å². The first kappa shape index (κ1) is 23.4. The SMILES string of the molecule is C[C@@]1(C(=O)Nc2nccs2)Cc2ccc(N(S(C)(=O)=O)S(C)(=O)=O)cc2[C@@H]1c1ccccc1. The van der Waals surface area contributed by atoms with Crippen molar-refractivity contribution in [1.29, 1.82) is 0 Å². The molecule has 1 amide bonds. The summed E-state index contributed by atoms with van der Waals surface area (Å²) in [7, 11) is -8.19. The predicted octanol–water partition coefficient (Wildman–Crippen LogP) is 3.20. The first-order chi connectivity index (χ1) is 15.4. The summed E-state index contributed by atoms with van der Waals surface area (Å²) < 4.78 is 49.7. The molecule has 1 aromatic heterocycles. The number of sulfonamides is 2. The highest BCUT2D eigenvalue weighted by Gasteiger charge is 2.49. The molecular formula is C22H23N3O5S3. The van der Waals surface area contributed by atoms with Crippen molar-refractivity contribution in [2.75, 3.05) is 21.5 Å². The molecule has 0 spiro atoms. The van der Waals surface area contributed by atoms with Gasteiger partial charge in [0.25, 0.3) is 0 Å². The Kier molecular flexibility index (Phi) is 5.83. The average Bonchev–Trinajstić information content (AvgIpc) is 3.32. The summed E-state index contributed by atoms with van der Waals surface area (Å²) in [5, 5.41) is 5.15. The Morgan fingerprint density at radius 1 is 1.09 bits per heavy atom. The quantitative estimate of drug-likeness (QED) is 0.550. The second kappa shape index (κ2) is 8.23. The molecule has 1 aliphatic rings. The molecule has 0 unspecified atom stereocenters. The number of carbonyl (C=O) groups excluding carboxylic acids is 1. The molecule has 33 heavy (non-hydrogen) atoms. The highest BCUT2D eigenvalue weighted by atomic mass is 32.3. The number of rotatable bonds is 6. The minimum atomic E-state index is -4.10. The van der Waals surface area contributed by atoms with E-state index in [-0.39, 0.29) is 11.6 Å². The van der Waals surface area contributed by atoms with Gasteiger partial charge in [-0.3, -0.25) is 4.79 Å². The lowest BCUT2D eigenvalue weighted by atomic mass is 9.73. The summed E-state index contributed by atoms with van der Waals surface area (Å²) in [6.45, 7) is 1.86. The van der Waals surface area contributed by atoms with Crippen LogP contribution in [0.1, 0.15) is 29.5 Å². The Bertz CT molecular complexity index is 1370. The lowest BCUT2D eigenvalue weighted by Crippen LogP contribution is -2.37. The van der Waals surface area contributed by atoms with E-state index in [0.717, 1.165) is 23.6 Å². The molecule has 1 aliphatic carbocycles. The lowest BCUT2D eigenvalue weighted by Gasteiger charge is -2.31. The smallest absolute Gasteiger partial charge is 0.245 e. The van der Waals surface area contributed by atoms with E-state index < -0.39 is 31.4 Å². The van der Waals surface area contributed by atoms with E-state index in [0.29, 0.717) is 20.8 Å². The number of hydrogen-bond acceptors (Lipinski definition) is 7. The molecule has 0 saturated carbocycles. The number of fused-ring (bicyclic) bond motifs is 1. The van der Waals surface area contributed by atoms with Gasteiger partial charge in [-0.2, -0.15) is 3.71 Å². The fraction of sp³-hybridized carbons (Fsp3) is 0.273. The molecule has 0 radical (unpaired) electrons. The molecule has 8 nitrogen and oxygen atoms in total. The number of thiazole rings is 1. The molecule has 3 aromatic rings. The van der Waals surface area contributed by atoms with Crippen LogP contribution < -0.4 is 9.03 Å². The van der Waals surface area contributed by atoms with E-state index in [1.807, 2.05) is 37.3 Å². The average molecular weight is 506 g/mol. The summed E-state index contributed by atoms with van der Waals surface area (Å²) in [6, 6.07) is 14.2. The number of anilines is 2. The van der Waals surface area contributed by atoms with E-state index >= 15 is 0 Å². The van der Waals surface area contributed by atoms with Gasteiger partial charge >= 0.3 is 0 Å². The van der Waals surface area contributed by atoms with E-state index in [4.69, 9.17) is 0 Å². The van der Waals surface area contributed by atoms with Gasteiger partial charge in [-0.1, -0.05) is 36.4 Å². The zero-order chi connectivity index (χ0) is 24.0. The van der Waals surface area contributed by atoms with E-state index in [1.54, 1.807) is 23.7 Å². The van der Waals surface area contributed by atoms with Crippen molar-refractivity contribution in [3.8, 4) is 0 Å². The van der Waals surface area contributed by atoms with Gasteiger partial charge in [0.2, 0.25) is 26.0 Å². The number of carbonyl (C=O) groups is 1. The Morgan fingerprint density at radius 3 is 2.33 bits per heavy atom. The molecule has 1 N–H and O–H groups in total. The van der Waals surface area contributed by atoms with Gasteiger partial charge in [-0.25, -0.2) is 21.8 Å². The van der Waals surface area contributed by atoms with Crippen molar-refractivity contribution in [3.63, 3.8) is 0 Å². The Morgan fingerprint density at radius 2 is 1.76 bits per heavy atom.